The highest BCUT2D eigenvalue weighted by Crippen LogP contribution is 2.21. The Balaban J connectivity index is 1.72. The van der Waals surface area contributed by atoms with Crippen molar-refractivity contribution in [2.75, 3.05) is 32.8 Å². The summed E-state index contributed by atoms with van der Waals surface area (Å²) in [4.78, 5) is 2.49. The van der Waals surface area contributed by atoms with Crippen LogP contribution in [0.25, 0.3) is 0 Å². The third-order valence-electron chi connectivity index (χ3n) is 4.27. The SMILES string of the molecule is CCNC(CO)CN1CCC(Cc2ccccc2)CC1. The molecule has 20 heavy (non-hydrogen) atoms. The Morgan fingerprint density at radius 1 is 1.25 bits per heavy atom. The predicted octanol–water partition coefficient (Wildman–Crippen LogP) is 1.91. The highest BCUT2D eigenvalue weighted by Gasteiger charge is 2.21. The largest absolute Gasteiger partial charge is 0.395 e. The van der Waals surface area contributed by atoms with E-state index in [-0.39, 0.29) is 12.6 Å². The van der Waals surface area contributed by atoms with Gasteiger partial charge in [-0.3, -0.25) is 0 Å². The fourth-order valence-corrected chi connectivity index (χ4v) is 3.11. The molecule has 1 aliphatic heterocycles. The van der Waals surface area contributed by atoms with Gasteiger partial charge < -0.3 is 15.3 Å². The summed E-state index contributed by atoms with van der Waals surface area (Å²) in [7, 11) is 0. The maximum absolute atomic E-state index is 9.35. The Bertz CT molecular complexity index is 361. The lowest BCUT2D eigenvalue weighted by Crippen LogP contribution is -2.46. The van der Waals surface area contributed by atoms with Crippen molar-refractivity contribution in [3.63, 3.8) is 0 Å². The van der Waals surface area contributed by atoms with Gasteiger partial charge in [-0.05, 0) is 50.4 Å². The van der Waals surface area contributed by atoms with Gasteiger partial charge in [-0.15, -0.1) is 0 Å². The average Bonchev–Trinajstić information content (AvgIpc) is 2.50. The summed E-state index contributed by atoms with van der Waals surface area (Å²) >= 11 is 0. The monoisotopic (exact) mass is 276 g/mol. The molecule has 3 heteroatoms. The quantitative estimate of drug-likeness (QED) is 0.798. The molecule has 1 aliphatic rings. The molecule has 0 radical (unpaired) electrons. The van der Waals surface area contributed by atoms with E-state index in [0.717, 1.165) is 19.0 Å². The molecular formula is C17H28N2O. The van der Waals surface area contributed by atoms with Crippen LogP contribution in [0.2, 0.25) is 0 Å². The van der Waals surface area contributed by atoms with E-state index in [9.17, 15) is 5.11 Å². The highest BCUT2D eigenvalue weighted by atomic mass is 16.3. The molecule has 2 N–H and O–H groups in total. The molecule has 0 amide bonds. The van der Waals surface area contributed by atoms with E-state index in [0.29, 0.717) is 0 Å². The molecule has 1 unspecified atom stereocenters. The highest BCUT2D eigenvalue weighted by molar-refractivity contribution is 5.15. The predicted molar refractivity (Wildman–Crippen MR) is 83.9 cm³/mol. The summed E-state index contributed by atoms with van der Waals surface area (Å²) in [5.41, 5.74) is 1.46. The van der Waals surface area contributed by atoms with Crippen molar-refractivity contribution in [2.45, 2.75) is 32.2 Å². The summed E-state index contributed by atoms with van der Waals surface area (Å²) in [6.07, 6.45) is 3.77. The standard InChI is InChI=1S/C17H28N2O/c1-2-18-17(14-20)13-19-10-8-16(9-11-19)12-15-6-4-3-5-7-15/h3-7,16-18,20H,2,8-14H2,1H3. The molecular weight excluding hydrogens is 248 g/mol. The van der Waals surface area contributed by atoms with Crippen LogP contribution in [0, 0.1) is 5.92 Å². The number of benzene rings is 1. The summed E-state index contributed by atoms with van der Waals surface area (Å²) in [6, 6.07) is 11.0. The summed E-state index contributed by atoms with van der Waals surface area (Å²) < 4.78 is 0. The molecule has 1 fully saturated rings. The Morgan fingerprint density at radius 3 is 2.55 bits per heavy atom. The molecule has 112 valence electrons. The molecule has 2 rings (SSSR count). The minimum atomic E-state index is 0.227. The van der Waals surface area contributed by atoms with Crippen LogP contribution in [0.5, 0.6) is 0 Å². The second-order valence-corrected chi connectivity index (χ2v) is 5.87. The number of aliphatic hydroxyl groups excluding tert-OH is 1. The zero-order chi connectivity index (χ0) is 14.2. The van der Waals surface area contributed by atoms with Gasteiger partial charge in [-0.2, -0.15) is 0 Å². The lowest BCUT2D eigenvalue weighted by atomic mass is 9.90. The van der Waals surface area contributed by atoms with Crippen molar-refractivity contribution in [2.24, 2.45) is 5.92 Å². The number of rotatable bonds is 7. The van der Waals surface area contributed by atoms with Gasteiger partial charge in [0.15, 0.2) is 0 Å². The molecule has 1 saturated heterocycles. The van der Waals surface area contributed by atoms with Gasteiger partial charge in [0.2, 0.25) is 0 Å². The molecule has 3 nitrogen and oxygen atoms in total. The van der Waals surface area contributed by atoms with Gasteiger partial charge in [-0.1, -0.05) is 37.3 Å². The number of likely N-dealkylation sites (tertiary alicyclic amines) is 1. The molecule has 0 bridgehead atoms. The Hall–Kier alpha value is -0.900. The van der Waals surface area contributed by atoms with Crippen LogP contribution < -0.4 is 5.32 Å². The minimum absolute atomic E-state index is 0.227. The van der Waals surface area contributed by atoms with Crippen LogP contribution in [0.4, 0.5) is 0 Å². The van der Waals surface area contributed by atoms with Gasteiger partial charge in [0.05, 0.1) is 6.61 Å². The van der Waals surface area contributed by atoms with Gasteiger partial charge in [-0.25, -0.2) is 0 Å². The van der Waals surface area contributed by atoms with Crippen molar-refractivity contribution in [1.29, 1.82) is 0 Å². The molecule has 0 aromatic heterocycles. The fraction of sp³-hybridized carbons (Fsp3) is 0.647. The molecule has 1 aromatic rings. The van der Waals surface area contributed by atoms with Crippen LogP contribution >= 0.6 is 0 Å². The van der Waals surface area contributed by atoms with Crippen LogP contribution in [0.15, 0.2) is 30.3 Å². The second kappa shape index (κ2) is 8.40. The Morgan fingerprint density at radius 2 is 1.95 bits per heavy atom. The molecule has 0 aliphatic carbocycles. The first-order valence-corrected chi connectivity index (χ1v) is 7.92. The first-order valence-electron chi connectivity index (χ1n) is 7.92. The van der Waals surface area contributed by atoms with Crippen LogP contribution in [0.3, 0.4) is 0 Å². The normalized spacial score (nSPS) is 19.1. The third-order valence-corrected chi connectivity index (χ3v) is 4.27. The lowest BCUT2D eigenvalue weighted by molar-refractivity contribution is 0.142. The van der Waals surface area contributed by atoms with Crippen molar-refractivity contribution < 1.29 is 5.11 Å². The van der Waals surface area contributed by atoms with Crippen LogP contribution in [-0.2, 0) is 6.42 Å². The molecule has 0 spiro atoms. The maximum Gasteiger partial charge on any atom is 0.0597 e. The van der Waals surface area contributed by atoms with Crippen molar-refractivity contribution in [3.05, 3.63) is 35.9 Å². The minimum Gasteiger partial charge on any atom is -0.395 e. The van der Waals surface area contributed by atoms with E-state index in [4.69, 9.17) is 0 Å². The summed E-state index contributed by atoms with van der Waals surface area (Å²) in [6.45, 7) is 6.56. The van der Waals surface area contributed by atoms with Gasteiger partial charge in [0, 0.05) is 12.6 Å². The second-order valence-electron chi connectivity index (χ2n) is 5.87. The molecule has 1 heterocycles. The molecule has 0 saturated carbocycles. The topological polar surface area (TPSA) is 35.5 Å². The van der Waals surface area contributed by atoms with E-state index in [1.54, 1.807) is 0 Å². The van der Waals surface area contributed by atoms with Crippen LogP contribution in [-0.4, -0.2) is 48.8 Å². The van der Waals surface area contributed by atoms with E-state index < -0.39 is 0 Å². The zero-order valence-electron chi connectivity index (χ0n) is 12.6. The summed E-state index contributed by atoms with van der Waals surface area (Å²) in [5, 5.41) is 12.7. The number of aliphatic hydroxyl groups is 1. The van der Waals surface area contributed by atoms with Crippen molar-refractivity contribution in [3.8, 4) is 0 Å². The summed E-state index contributed by atoms with van der Waals surface area (Å²) in [5.74, 6) is 0.820. The van der Waals surface area contributed by atoms with Gasteiger partial charge in [0.1, 0.15) is 0 Å². The first kappa shape index (κ1) is 15.5. The van der Waals surface area contributed by atoms with Crippen molar-refractivity contribution in [1.82, 2.24) is 10.2 Å². The fourth-order valence-electron chi connectivity index (χ4n) is 3.11. The first-order chi connectivity index (χ1) is 9.81. The number of hydrogen-bond acceptors (Lipinski definition) is 3. The van der Waals surface area contributed by atoms with Gasteiger partial charge >= 0.3 is 0 Å². The Kier molecular flexibility index (Phi) is 6.51. The maximum atomic E-state index is 9.35. The molecule has 1 aromatic carbocycles. The number of nitrogens with zero attached hydrogens (tertiary/aromatic N) is 1. The smallest absolute Gasteiger partial charge is 0.0597 e. The van der Waals surface area contributed by atoms with Gasteiger partial charge in [0.25, 0.3) is 0 Å². The molecule has 1 atom stereocenters. The Labute approximate surface area is 123 Å². The number of nitrogens with one attached hydrogen (secondary N) is 1. The van der Waals surface area contributed by atoms with E-state index in [2.05, 4.69) is 47.5 Å². The number of hydrogen-bond donors (Lipinski definition) is 2. The third kappa shape index (κ3) is 4.89. The van der Waals surface area contributed by atoms with E-state index >= 15 is 0 Å². The van der Waals surface area contributed by atoms with Crippen LogP contribution in [0.1, 0.15) is 25.3 Å². The number of piperidine rings is 1. The average molecular weight is 276 g/mol. The van der Waals surface area contributed by atoms with E-state index in [1.807, 2.05) is 0 Å². The van der Waals surface area contributed by atoms with Crippen molar-refractivity contribution >= 4 is 0 Å². The lowest BCUT2D eigenvalue weighted by Gasteiger charge is -2.34. The van der Waals surface area contributed by atoms with E-state index in [1.165, 1.54) is 37.9 Å². The number of likely N-dealkylation sites (N-methyl/N-ethyl adjacent to an activating group) is 1. The zero-order valence-corrected chi connectivity index (χ0v) is 12.6.